The van der Waals surface area contributed by atoms with E-state index in [2.05, 4.69) is 20.5 Å². The van der Waals surface area contributed by atoms with Gasteiger partial charge in [0.25, 0.3) is 5.91 Å². The van der Waals surface area contributed by atoms with Gasteiger partial charge in [-0.25, -0.2) is 9.50 Å². The van der Waals surface area contributed by atoms with E-state index in [1.165, 1.54) is 0 Å². The van der Waals surface area contributed by atoms with Crippen LogP contribution in [0.15, 0.2) is 18.5 Å². The first-order valence-electron chi connectivity index (χ1n) is 9.49. The number of halogens is 3. The standard InChI is InChI=1S/C19H21F3N6O/c1-4-27-9-14(11(3)26-27)10(2)24-18(29)13-8-23-28-16(19(20,21)22)7-15(12-5-6-12)25-17(13)28/h7-10,12H,4-6H2,1-3H3,(H,24,29). The number of nitrogens with one attached hydrogen (secondary N) is 1. The van der Waals surface area contributed by atoms with Gasteiger partial charge in [-0.15, -0.1) is 0 Å². The molecule has 1 atom stereocenters. The Balaban J connectivity index is 1.69. The summed E-state index contributed by atoms with van der Waals surface area (Å²) in [5.74, 6) is -0.516. The summed E-state index contributed by atoms with van der Waals surface area (Å²) in [5, 5.41) is 11.0. The number of alkyl halides is 3. The van der Waals surface area contributed by atoms with Crippen LogP contribution in [0.25, 0.3) is 5.65 Å². The van der Waals surface area contributed by atoms with Crippen molar-refractivity contribution < 1.29 is 18.0 Å². The molecule has 0 aromatic carbocycles. The first-order chi connectivity index (χ1) is 13.7. The Bertz CT molecular complexity index is 1080. The van der Waals surface area contributed by atoms with E-state index in [-0.39, 0.29) is 23.2 Å². The van der Waals surface area contributed by atoms with Gasteiger partial charge in [-0.1, -0.05) is 0 Å². The first kappa shape index (κ1) is 19.4. The predicted octanol–water partition coefficient (Wildman–Crippen LogP) is 3.64. The highest BCUT2D eigenvalue weighted by molar-refractivity contribution is 5.99. The molecule has 7 nitrogen and oxygen atoms in total. The number of carbonyl (C=O) groups is 1. The van der Waals surface area contributed by atoms with Crippen LogP contribution in [0.2, 0.25) is 0 Å². The molecular weight excluding hydrogens is 385 g/mol. The molecule has 1 saturated carbocycles. The molecule has 0 radical (unpaired) electrons. The van der Waals surface area contributed by atoms with Crippen LogP contribution >= 0.6 is 0 Å². The lowest BCUT2D eigenvalue weighted by molar-refractivity contribution is -0.142. The highest BCUT2D eigenvalue weighted by Gasteiger charge is 2.38. The number of amides is 1. The fourth-order valence-electron chi connectivity index (χ4n) is 3.40. The van der Waals surface area contributed by atoms with Crippen molar-refractivity contribution in [1.82, 2.24) is 29.7 Å². The topological polar surface area (TPSA) is 77.1 Å². The molecule has 29 heavy (non-hydrogen) atoms. The molecule has 1 fully saturated rings. The first-order valence-corrected chi connectivity index (χ1v) is 9.49. The second kappa shape index (κ2) is 6.85. The van der Waals surface area contributed by atoms with E-state index in [4.69, 9.17) is 0 Å². The van der Waals surface area contributed by atoms with Crippen molar-refractivity contribution in [3.8, 4) is 0 Å². The minimum Gasteiger partial charge on any atom is -0.345 e. The van der Waals surface area contributed by atoms with Crippen LogP contribution in [-0.2, 0) is 12.7 Å². The average Bonchev–Trinajstić information content (AvgIpc) is 3.30. The molecule has 1 unspecified atom stereocenters. The highest BCUT2D eigenvalue weighted by atomic mass is 19.4. The largest absolute Gasteiger partial charge is 0.433 e. The van der Waals surface area contributed by atoms with Crippen LogP contribution in [0.4, 0.5) is 13.2 Å². The summed E-state index contributed by atoms with van der Waals surface area (Å²) in [6.45, 7) is 6.31. The molecule has 10 heteroatoms. The molecule has 0 spiro atoms. The molecule has 3 aromatic rings. The third kappa shape index (κ3) is 3.58. The fraction of sp³-hybridized carbons (Fsp3) is 0.474. The van der Waals surface area contributed by atoms with Gasteiger partial charge in [-0.05, 0) is 39.7 Å². The summed E-state index contributed by atoms with van der Waals surface area (Å²) in [5.41, 5.74) is 1.01. The molecule has 0 bridgehead atoms. The van der Waals surface area contributed by atoms with Crippen molar-refractivity contribution in [2.45, 2.75) is 58.3 Å². The van der Waals surface area contributed by atoms with Crippen LogP contribution < -0.4 is 5.32 Å². The SMILES string of the molecule is CCn1cc(C(C)NC(=O)c2cnn3c(C(F)(F)F)cc(C4CC4)nc23)c(C)n1. The van der Waals surface area contributed by atoms with Gasteiger partial charge >= 0.3 is 6.18 Å². The lowest BCUT2D eigenvalue weighted by Crippen LogP contribution is -2.27. The summed E-state index contributed by atoms with van der Waals surface area (Å²) in [6, 6.07) is 0.663. The zero-order valence-corrected chi connectivity index (χ0v) is 16.3. The predicted molar refractivity (Wildman–Crippen MR) is 98.5 cm³/mol. The average molecular weight is 406 g/mol. The van der Waals surface area contributed by atoms with Gasteiger partial charge in [0.1, 0.15) is 11.3 Å². The lowest BCUT2D eigenvalue weighted by Gasteiger charge is -2.13. The van der Waals surface area contributed by atoms with Gasteiger partial charge in [0.05, 0.1) is 17.9 Å². The summed E-state index contributed by atoms with van der Waals surface area (Å²) in [4.78, 5) is 17.2. The van der Waals surface area contributed by atoms with Crippen molar-refractivity contribution >= 4 is 11.6 Å². The molecule has 1 aliphatic carbocycles. The molecule has 1 N–H and O–H groups in total. The maximum absolute atomic E-state index is 13.5. The van der Waals surface area contributed by atoms with Gasteiger partial charge < -0.3 is 5.32 Å². The maximum atomic E-state index is 13.5. The van der Waals surface area contributed by atoms with Crippen LogP contribution in [-0.4, -0.2) is 30.3 Å². The molecule has 1 amide bonds. The summed E-state index contributed by atoms with van der Waals surface area (Å²) in [7, 11) is 0. The Kier molecular flexibility index (Phi) is 4.59. The van der Waals surface area contributed by atoms with Crippen LogP contribution in [0, 0.1) is 6.92 Å². The van der Waals surface area contributed by atoms with Crippen molar-refractivity contribution in [1.29, 1.82) is 0 Å². The Hall–Kier alpha value is -2.91. The van der Waals surface area contributed by atoms with E-state index in [9.17, 15) is 18.0 Å². The highest BCUT2D eigenvalue weighted by Crippen LogP contribution is 2.41. The summed E-state index contributed by atoms with van der Waals surface area (Å²) < 4.78 is 43.0. The van der Waals surface area contributed by atoms with Crippen LogP contribution in [0.1, 0.15) is 71.7 Å². The van der Waals surface area contributed by atoms with Gasteiger partial charge in [-0.3, -0.25) is 9.48 Å². The molecule has 154 valence electrons. The van der Waals surface area contributed by atoms with E-state index in [0.717, 1.165) is 36.4 Å². The minimum absolute atomic E-state index is 0.00775. The second-order valence-electron chi connectivity index (χ2n) is 7.35. The quantitative estimate of drug-likeness (QED) is 0.702. The van der Waals surface area contributed by atoms with Gasteiger partial charge in [0.2, 0.25) is 0 Å². The van der Waals surface area contributed by atoms with Crippen LogP contribution in [0.3, 0.4) is 0 Å². The maximum Gasteiger partial charge on any atom is 0.433 e. The Morgan fingerprint density at radius 1 is 1.38 bits per heavy atom. The minimum atomic E-state index is -4.59. The molecule has 0 aliphatic heterocycles. The van der Waals surface area contributed by atoms with Gasteiger partial charge in [0, 0.05) is 29.9 Å². The van der Waals surface area contributed by atoms with Crippen molar-refractivity contribution in [3.63, 3.8) is 0 Å². The Labute approximate surface area is 164 Å². The number of hydrogen-bond donors (Lipinski definition) is 1. The van der Waals surface area contributed by atoms with Gasteiger partial charge in [0.15, 0.2) is 5.65 Å². The molecule has 1 aliphatic rings. The Morgan fingerprint density at radius 2 is 2.10 bits per heavy atom. The second-order valence-corrected chi connectivity index (χ2v) is 7.35. The van der Waals surface area contributed by atoms with Crippen molar-refractivity contribution in [2.75, 3.05) is 0 Å². The third-order valence-electron chi connectivity index (χ3n) is 5.14. The molecule has 3 heterocycles. The zero-order chi connectivity index (χ0) is 20.9. The number of aromatic nitrogens is 5. The van der Waals surface area contributed by atoms with Gasteiger partial charge in [-0.2, -0.15) is 23.4 Å². The number of rotatable bonds is 5. The van der Waals surface area contributed by atoms with E-state index in [1.54, 1.807) is 11.6 Å². The number of hydrogen-bond acceptors (Lipinski definition) is 4. The smallest absolute Gasteiger partial charge is 0.345 e. The normalized spacial score (nSPS) is 15.7. The Morgan fingerprint density at radius 3 is 2.69 bits per heavy atom. The molecular formula is C19H21F3N6O. The summed E-state index contributed by atoms with van der Waals surface area (Å²) >= 11 is 0. The summed E-state index contributed by atoms with van der Waals surface area (Å²) in [6.07, 6.45) is -0.00825. The molecule has 3 aromatic heterocycles. The van der Waals surface area contributed by atoms with Crippen molar-refractivity contribution in [2.24, 2.45) is 0 Å². The number of aryl methyl sites for hydroxylation is 2. The molecule has 0 saturated heterocycles. The number of fused-ring (bicyclic) bond motifs is 1. The zero-order valence-electron chi connectivity index (χ0n) is 16.3. The fourth-order valence-corrected chi connectivity index (χ4v) is 3.40. The van der Waals surface area contributed by atoms with E-state index in [0.29, 0.717) is 16.8 Å². The number of carbonyl (C=O) groups excluding carboxylic acids is 1. The van der Waals surface area contributed by atoms with E-state index < -0.39 is 17.8 Å². The third-order valence-corrected chi connectivity index (χ3v) is 5.14. The lowest BCUT2D eigenvalue weighted by atomic mass is 10.1. The number of nitrogens with zero attached hydrogens (tertiary/aromatic N) is 5. The van der Waals surface area contributed by atoms with E-state index in [1.807, 2.05) is 20.0 Å². The monoisotopic (exact) mass is 406 g/mol. The van der Waals surface area contributed by atoms with Crippen LogP contribution in [0.5, 0.6) is 0 Å². The van der Waals surface area contributed by atoms with E-state index >= 15 is 0 Å². The molecule has 4 rings (SSSR count). The van der Waals surface area contributed by atoms with Crippen molar-refractivity contribution in [3.05, 3.63) is 46.7 Å².